The van der Waals surface area contributed by atoms with Crippen LogP contribution in [-0.2, 0) is 36.2 Å². The third kappa shape index (κ3) is 5.11. The molecule has 1 aliphatic carbocycles. The van der Waals surface area contributed by atoms with Gasteiger partial charge in [-0.05, 0) is 48.6 Å². The molecule has 2 aromatic carbocycles. The Bertz CT molecular complexity index is 1510. The van der Waals surface area contributed by atoms with E-state index < -0.39 is 23.8 Å². The number of carbonyl (C=O) groups excluding carboxylic acids is 2. The number of amides is 2. The molecule has 41 heavy (non-hydrogen) atoms. The van der Waals surface area contributed by atoms with Gasteiger partial charge in [-0.25, -0.2) is 0 Å². The van der Waals surface area contributed by atoms with Crippen molar-refractivity contribution in [2.75, 3.05) is 13.1 Å². The summed E-state index contributed by atoms with van der Waals surface area (Å²) in [6.45, 7) is 1.34. The average Bonchev–Trinajstić information content (AvgIpc) is 3.54. The van der Waals surface area contributed by atoms with Crippen LogP contribution in [0.15, 0.2) is 47.2 Å². The van der Waals surface area contributed by atoms with E-state index in [0.29, 0.717) is 49.5 Å². The first-order valence-electron chi connectivity index (χ1n) is 14.0. The minimum Gasteiger partial charge on any atom is -0.485 e. The van der Waals surface area contributed by atoms with Gasteiger partial charge in [0.15, 0.2) is 5.82 Å². The standard InChI is InChI=1S/C30H32BrN5O5/c1-34-17-32-33-26(34)16-41-25-11-10-23(31)22-12-13-36(29(38)20-8-4-5-9-21(20)30(39)40)24(27(22)25)15-35-14-18-6-2-3-7-19(18)28(35)37/h2-3,6-7,10-11,17,20-21,24H,4-5,8-9,12-16H2,1H3,(H,39,40)/t20?,21?,24-/m1/s1. The molecule has 3 heterocycles. The fourth-order valence-corrected chi connectivity index (χ4v) is 7.09. The summed E-state index contributed by atoms with van der Waals surface area (Å²) in [4.78, 5) is 43.4. The van der Waals surface area contributed by atoms with E-state index in [1.807, 2.05) is 48.3 Å². The smallest absolute Gasteiger partial charge is 0.307 e. The molecule has 10 nitrogen and oxygen atoms in total. The number of aliphatic carboxylic acids is 1. The number of aromatic nitrogens is 3. The van der Waals surface area contributed by atoms with Crippen LogP contribution in [0, 0.1) is 11.8 Å². The predicted molar refractivity (Wildman–Crippen MR) is 152 cm³/mol. The monoisotopic (exact) mass is 621 g/mol. The molecule has 2 amide bonds. The van der Waals surface area contributed by atoms with Gasteiger partial charge in [0.05, 0.1) is 17.9 Å². The van der Waals surface area contributed by atoms with Gasteiger partial charge in [-0.3, -0.25) is 14.4 Å². The summed E-state index contributed by atoms with van der Waals surface area (Å²) in [5.74, 6) is -1.18. The summed E-state index contributed by atoms with van der Waals surface area (Å²) in [5, 5.41) is 18.0. The number of rotatable bonds is 7. The van der Waals surface area contributed by atoms with Crippen molar-refractivity contribution in [1.29, 1.82) is 0 Å². The van der Waals surface area contributed by atoms with E-state index in [4.69, 9.17) is 4.74 Å². The second kappa shape index (κ2) is 11.3. The largest absolute Gasteiger partial charge is 0.485 e. The number of hydrogen-bond donors (Lipinski definition) is 1. The summed E-state index contributed by atoms with van der Waals surface area (Å²) in [6.07, 6.45) is 4.87. The number of carbonyl (C=O) groups is 3. The van der Waals surface area contributed by atoms with Crippen molar-refractivity contribution in [2.24, 2.45) is 18.9 Å². The molecule has 0 saturated heterocycles. The fraction of sp³-hybridized carbons (Fsp3) is 0.433. The van der Waals surface area contributed by atoms with Crippen LogP contribution in [0.2, 0.25) is 0 Å². The Labute approximate surface area is 246 Å². The second-order valence-corrected chi connectivity index (χ2v) is 11.9. The van der Waals surface area contributed by atoms with Gasteiger partial charge in [0.1, 0.15) is 18.7 Å². The first kappa shape index (κ1) is 27.4. The van der Waals surface area contributed by atoms with Crippen LogP contribution in [0.5, 0.6) is 5.75 Å². The number of nitrogens with zero attached hydrogens (tertiary/aromatic N) is 5. The number of aryl methyl sites for hydroxylation is 1. The lowest BCUT2D eigenvalue weighted by Crippen LogP contribution is -2.50. The summed E-state index contributed by atoms with van der Waals surface area (Å²) >= 11 is 3.71. The Hall–Kier alpha value is -3.73. The second-order valence-electron chi connectivity index (χ2n) is 11.1. The Morgan fingerprint density at radius 3 is 2.63 bits per heavy atom. The van der Waals surface area contributed by atoms with E-state index in [1.54, 1.807) is 15.8 Å². The van der Waals surface area contributed by atoms with Crippen LogP contribution in [0.4, 0.5) is 0 Å². The number of fused-ring (bicyclic) bond motifs is 2. The Morgan fingerprint density at radius 2 is 1.90 bits per heavy atom. The maximum atomic E-state index is 14.2. The van der Waals surface area contributed by atoms with Crippen LogP contribution < -0.4 is 4.74 Å². The number of carboxylic acid groups (broad SMARTS) is 1. The molecular formula is C30H32BrN5O5. The van der Waals surface area contributed by atoms with Crippen molar-refractivity contribution in [3.8, 4) is 5.75 Å². The van der Waals surface area contributed by atoms with E-state index in [2.05, 4.69) is 26.1 Å². The predicted octanol–water partition coefficient (Wildman–Crippen LogP) is 4.13. The van der Waals surface area contributed by atoms with Gasteiger partial charge in [0.25, 0.3) is 5.91 Å². The molecule has 1 N–H and O–H groups in total. The minimum absolute atomic E-state index is 0.0715. The van der Waals surface area contributed by atoms with Crippen LogP contribution in [-0.4, -0.2) is 60.5 Å². The molecular weight excluding hydrogens is 590 g/mol. The van der Waals surface area contributed by atoms with Gasteiger partial charge in [0.2, 0.25) is 5.91 Å². The summed E-state index contributed by atoms with van der Waals surface area (Å²) in [5.41, 5.74) is 3.50. The highest BCUT2D eigenvalue weighted by molar-refractivity contribution is 9.10. The van der Waals surface area contributed by atoms with Gasteiger partial charge in [-0.15, -0.1) is 10.2 Å². The van der Waals surface area contributed by atoms with Crippen molar-refractivity contribution in [1.82, 2.24) is 24.6 Å². The number of hydrogen-bond acceptors (Lipinski definition) is 6. The summed E-state index contributed by atoms with van der Waals surface area (Å²) in [6, 6.07) is 10.9. The average molecular weight is 623 g/mol. The maximum Gasteiger partial charge on any atom is 0.307 e. The normalized spacial score (nSPS) is 21.9. The molecule has 1 fully saturated rings. The fourth-order valence-electron chi connectivity index (χ4n) is 6.55. The molecule has 1 saturated carbocycles. The molecule has 11 heteroatoms. The van der Waals surface area contributed by atoms with Gasteiger partial charge >= 0.3 is 5.97 Å². The molecule has 0 radical (unpaired) electrons. The highest BCUT2D eigenvalue weighted by atomic mass is 79.9. The van der Waals surface area contributed by atoms with Crippen LogP contribution in [0.25, 0.3) is 0 Å². The van der Waals surface area contributed by atoms with Crippen molar-refractivity contribution < 1.29 is 24.2 Å². The molecule has 0 bridgehead atoms. The Balaban J connectivity index is 1.39. The molecule has 214 valence electrons. The number of halogens is 1. The molecule has 3 aliphatic rings. The van der Waals surface area contributed by atoms with E-state index in [0.717, 1.165) is 34.0 Å². The molecule has 2 aliphatic heterocycles. The maximum absolute atomic E-state index is 14.2. The third-order valence-electron chi connectivity index (χ3n) is 8.71. The van der Waals surface area contributed by atoms with Gasteiger partial charge in [0, 0.05) is 42.3 Å². The first-order valence-corrected chi connectivity index (χ1v) is 14.8. The summed E-state index contributed by atoms with van der Waals surface area (Å²) in [7, 11) is 1.85. The van der Waals surface area contributed by atoms with Crippen LogP contribution >= 0.6 is 15.9 Å². The topological polar surface area (TPSA) is 118 Å². The highest BCUT2D eigenvalue weighted by Crippen LogP contribution is 2.43. The SMILES string of the molecule is Cn1cnnc1COc1ccc(Br)c2c1[C@@H](CN1Cc3ccccc3C1=O)N(C(=O)C1CCCCC1C(=O)O)CC2. The lowest BCUT2D eigenvalue weighted by atomic mass is 9.77. The molecule has 6 rings (SSSR count). The lowest BCUT2D eigenvalue weighted by Gasteiger charge is -2.43. The Kier molecular flexibility index (Phi) is 7.54. The van der Waals surface area contributed by atoms with Crippen molar-refractivity contribution in [2.45, 2.75) is 51.3 Å². The third-order valence-corrected chi connectivity index (χ3v) is 9.45. The van der Waals surface area contributed by atoms with E-state index in [-0.39, 0.29) is 25.0 Å². The zero-order valence-corrected chi connectivity index (χ0v) is 24.4. The van der Waals surface area contributed by atoms with E-state index >= 15 is 0 Å². The molecule has 3 aromatic rings. The van der Waals surface area contributed by atoms with Gasteiger partial charge in [-0.2, -0.15) is 0 Å². The van der Waals surface area contributed by atoms with Gasteiger partial charge in [-0.1, -0.05) is 47.0 Å². The highest BCUT2D eigenvalue weighted by Gasteiger charge is 2.44. The lowest BCUT2D eigenvalue weighted by molar-refractivity contribution is -0.153. The zero-order valence-electron chi connectivity index (χ0n) is 22.8. The minimum atomic E-state index is -0.919. The quantitative estimate of drug-likeness (QED) is 0.421. The van der Waals surface area contributed by atoms with Crippen LogP contribution in [0.1, 0.15) is 64.6 Å². The number of carboxylic acids is 1. The molecule has 1 aromatic heterocycles. The van der Waals surface area contributed by atoms with Gasteiger partial charge < -0.3 is 24.2 Å². The van der Waals surface area contributed by atoms with Crippen molar-refractivity contribution in [3.05, 3.63) is 75.3 Å². The molecule has 2 unspecified atom stereocenters. The first-order chi connectivity index (χ1) is 19.8. The molecule has 3 atom stereocenters. The zero-order chi connectivity index (χ0) is 28.7. The van der Waals surface area contributed by atoms with E-state index in [9.17, 15) is 19.5 Å². The molecule has 0 spiro atoms. The van der Waals surface area contributed by atoms with Crippen molar-refractivity contribution >= 4 is 33.7 Å². The van der Waals surface area contributed by atoms with Crippen LogP contribution in [0.3, 0.4) is 0 Å². The van der Waals surface area contributed by atoms with Crippen molar-refractivity contribution in [3.63, 3.8) is 0 Å². The number of benzene rings is 2. The Morgan fingerprint density at radius 1 is 1.12 bits per heavy atom. The summed E-state index contributed by atoms with van der Waals surface area (Å²) < 4.78 is 9.02. The van der Waals surface area contributed by atoms with E-state index in [1.165, 1.54) is 0 Å². The number of ether oxygens (including phenoxy) is 1.